The minimum absolute atomic E-state index is 0.112. The van der Waals surface area contributed by atoms with Crippen molar-refractivity contribution in [3.05, 3.63) is 65.7 Å². The van der Waals surface area contributed by atoms with Crippen molar-refractivity contribution in [1.82, 2.24) is 0 Å². The van der Waals surface area contributed by atoms with Gasteiger partial charge in [0.2, 0.25) is 0 Å². The van der Waals surface area contributed by atoms with E-state index in [0.717, 1.165) is 35.3 Å². The lowest BCUT2D eigenvalue weighted by Crippen LogP contribution is -2.26. The van der Waals surface area contributed by atoms with Crippen LogP contribution < -0.4 is 4.74 Å². The summed E-state index contributed by atoms with van der Waals surface area (Å²) < 4.78 is 5.86. The number of ether oxygens (including phenoxy) is 1. The van der Waals surface area contributed by atoms with Gasteiger partial charge in [-0.25, -0.2) is 4.79 Å². The van der Waals surface area contributed by atoms with Crippen LogP contribution in [0.1, 0.15) is 36.2 Å². The first-order valence-corrected chi connectivity index (χ1v) is 8.49. The molecule has 3 heteroatoms. The number of benzene rings is 3. The van der Waals surface area contributed by atoms with Crippen LogP contribution in [0.25, 0.3) is 21.9 Å². The Morgan fingerprint density at radius 2 is 1.68 bits per heavy atom. The van der Waals surface area contributed by atoms with Crippen LogP contribution in [-0.2, 0) is 5.41 Å². The maximum absolute atomic E-state index is 11.0. The van der Waals surface area contributed by atoms with Gasteiger partial charge in [0.25, 0.3) is 0 Å². The van der Waals surface area contributed by atoms with E-state index in [1.54, 1.807) is 12.1 Å². The third kappa shape index (κ3) is 2.76. The molecule has 0 amide bonds. The summed E-state index contributed by atoms with van der Waals surface area (Å²) in [5, 5.41) is 11.4. The van der Waals surface area contributed by atoms with Gasteiger partial charge in [-0.2, -0.15) is 0 Å². The Balaban J connectivity index is 1.81. The zero-order chi connectivity index (χ0) is 17.6. The number of carbonyl (C=O) groups is 1. The fourth-order valence-corrected chi connectivity index (χ4v) is 3.46. The van der Waals surface area contributed by atoms with Crippen molar-refractivity contribution < 1.29 is 14.6 Å². The predicted molar refractivity (Wildman–Crippen MR) is 99.5 cm³/mol. The number of fused-ring (bicyclic) bond motifs is 2. The quantitative estimate of drug-likeness (QED) is 0.696. The molecule has 0 aromatic heterocycles. The Labute approximate surface area is 146 Å². The van der Waals surface area contributed by atoms with E-state index in [0.29, 0.717) is 5.56 Å². The Morgan fingerprint density at radius 1 is 0.960 bits per heavy atom. The molecule has 0 aliphatic carbocycles. The van der Waals surface area contributed by atoms with Gasteiger partial charge in [0.15, 0.2) is 0 Å². The molecule has 126 valence electrons. The normalized spacial score (nSPS) is 15.4. The van der Waals surface area contributed by atoms with Crippen molar-refractivity contribution in [2.24, 2.45) is 0 Å². The summed E-state index contributed by atoms with van der Waals surface area (Å²) in [5.74, 6) is 0.0845. The first kappa shape index (κ1) is 15.7. The molecule has 0 spiro atoms. The monoisotopic (exact) mass is 332 g/mol. The highest BCUT2D eigenvalue weighted by atomic mass is 16.5. The molecular formula is C22H20O3. The van der Waals surface area contributed by atoms with E-state index >= 15 is 0 Å². The molecule has 0 radical (unpaired) electrons. The van der Waals surface area contributed by atoms with E-state index in [2.05, 4.69) is 44.2 Å². The van der Waals surface area contributed by atoms with Crippen LogP contribution in [0.5, 0.6) is 5.75 Å². The number of hydrogen-bond acceptors (Lipinski definition) is 2. The van der Waals surface area contributed by atoms with Crippen LogP contribution in [0.2, 0.25) is 0 Å². The highest BCUT2D eigenvalue weighted by Gasteiger charge is 2.28. The molecule has 25 heavy (non-hydrogen) atoms. The van der Waals surface area contributed by atoms with Crippen LogP contribution in [0.3, 0.4) is 0 Å². The molecule has 3 aromatic rings. The van der Waals surface area contributed by atoms with Gasteiger partial charge in [0.05, 0.1) is 12.2 Å². The maximum Gasteiger partial charge on any atom is 0.335 e. The Kier molecular flexibility index (Phi) is 3.53. The fourth-order valence-electron chi connectivity index (χ4n) is 3.46. The zero-order valence-electron chi connectivity index (χ0n) is 14.4. The number of carboxylic acid groups (broad SMARTS) is 1. The van der Waals surface area contributed by atoms with Gasteiger partial charge in [-0.1, -0.05) is 38.1 Å². The van der Waals surface area contributed by atoms with E-state index in [9.17, 15) is 4.79 Å². The van der Waals surface area contributed by atoms with Gasteiger partial charge in [0.1, 0.15) is 5.75 Å². The minimum Gasteiger partial charge on any atom is -0.493 e. The fraction of sp³-hybridized carbons (Fsp3) is 0.227. The summed E-state index contributed by atoms with van der Waals surface area (Å²) in [4.78, 5) is 11.0. The summed E-state index contributed by atoms with van der Waals surface area (Å²) in [6, 6.07) is 17.7. The predicted octanol–water partition coefficient (Wildman–Crippen LogP) is 5.27. The summed E-state index contributed by atoms with van der Waals surface area (Å²) in [5.41, 5.74) is 3.77. The van der Waals surface area contributed by atoms with Crippen molar-refractivity contribution in [2.75, 3.05) is 6.61 Å². The summed E-state index contributed by atoms with van der Waals surface area (Å²) in [7, 11) is 0. The van der Waals surface area contributed by atoms with Gasteiger partial charge in [0, 0.05) is 5.56 Å². The van der Waals surface area contributed by atoms with Crippen LogP contribution in [-0.4, -0.2) is 17.7 Å². The molecule has 0 saturated carbocycles. The molecule has 3 aromatic carbocycles. The van der Waals surface area contributed by atoms with Crippen LogP contribution >= 0.6 is 0 Å². The van der Waals surface area contributed by atoms with Gasteiger partial charge < -0.3 is 9.84 Å². The number of aromatic carboxylic acids is 1. The highest BCUT2D eigenvalue weighted by Crippen LogP contribution is 2.41. The molecule has 1 aliphatic heterocycles. The third-order valence-electron chi connectivity index (χ3n) is 5.12. The van der Waals surface area contributed by atoms with E-state index in [1.807, 2.05) is 12.1 Å². The summed E-state index contributed by atoms with van der Waals surface area (Å²) >= 11 is 0. The molecule has 0 unspecified atom stereocenters. The van der Waals surface area contributed by atoms with Crippen LogP contribution in [0.4, 0.5) is 0 Å². The topological polar surface area (TPSA) is 46.5 Å². The first-order chi connectivity index (χ1) is 11.9. The number of carboxylic acids is 1. The van der Waals surface area contributed by atoms with Crippen molar-refractivity contribution in [1.29, 1.82) is 0 Å². The second-order valence-electron chi connectivity index (χ2n) is 7.28. The number of hydrogen-bond donors (Lipinski definition) is 1. The van der Waals surface area contributed by atoms with Crippen molar-refractivity contribution in [3.63, 3.8) is 0 Å². The molecule has 1 heterocycles. The highest BCUT2D eigenvalue weighted by molar-refractivity contribution is 5.91. The van der Waals surface area contributed by atoms with E-state index in [-0.39, 0.29) is 5.41 Å². The molecule has 4 rings (SSSR count). The van der Waals surface area contributed by atoms with Crippen LogP contribution in [0.15, 0.2) is 54.6 Å². The molecule has 0 saturated heterocycles. The van der Waals surface area contributed by atoms with Crippen molar-refractivity contribution >= 4 is 16.7 Å². The third-order valence-corrected chi connectivity index (χ3v) is 5.12. The molecule has 1 N–H and O–H groups in total. The molecule has 1 aliphatic rings. The second-order valence-corrected chi connectivity index (χ2v) is 7.28. The van der Waals surface area contributed by atoms with Crippen LogP contribution in [0, 0.1) is 0 Å². The Hall–Kier alpha value is -2.81. The van der Waals surface area contributed by atoms with Crippen molar-refractivity contribution in [3.8, 4) is 16.9 Å². The molecule has 0 atom stereocenters. The van der Waals surface area contributed by atoms with Crippen molar-refractivity contribution in [2.45, 2.75) is 25.7 Å². The lowest BCUT2D eigenvalue weighted by atomic mass is 9.79. The largest absolute Gasteiger partial charge is 0.493 e. The lowest BCUT2D eigenvalue weighted by Gasteiger charge is -2.32. The smallest absolute Gasteiger partial charge is 0.335 e. The zero-order valence-corrected chi connectivity index (χ0v) is 14.4. The van der Waals surface area contributed by atoms with Gasteiger partial charge in [-0.3, -0.25) is 0 Å². The molecule has 0 fully saturated rings. The average molecular weight is 332 g/mol. The maximum atomic E-state index is 11.0. The van der Waals surface area contributed by atoms with Gasteiger partial charge in [-0.15, -0.1) is 0 Å². The SMILES string of the molecule is CC1(C)CCOc2cc3ccc(-c4ccc(C(=O)O)cc4)cc3cc21. The van der Waals surface area contributed by atoms with E-state index in [1.165, 1.54) is 10.9 Å². The second kappa shape index (κ2) is 5.62. The van der Waals surface area contributed by atoms with Gasteiger partial charge in [-0.05, 0) is 64.1 Å². The molecule has 0 bridgehead atoms. The number of rotatable bonds is 2. The summed E-state index contributed by atoms with van der Waals surface area (Å²) in [6.07, 6.45) is 1.02. The van der Waals surface area contributed by atoms with E-state index in [4.69, 9.17) is 9.84 Å². The first-order valence-electron chi connectivity index (χ1n) is 8.49. The Bertz CT molecular complexity index is 968. The minimum atomic E-state index is -0.904. The summed E-state index contributed by atoms with van der Waals surface area (Å²) in [6.45, 7) is 5.28. The molecular weight excluding hydrogens is 312 g/mol. The van der Waals surface area contributed by atoms with E-state index < -0.39 is 5.97 Å². The van der Waals surface area contributed by atoms with Gasteiger partial charge >= 0.3 is 5.97 Å². The average Bonchev–Trinajstić information content (AvgIpc) is 2.60. The molecule has 3 nitrogen and oxygen atoms in total. The standard InChI is InChI=1S/C22H20O3/c1-22(2)9-10-25-20-13-17-8-7-16(11-18(17)12-19(20)22)14-3-5-15(6-4-14)21(23)24/h3-8,11-13H,9-10H2,1-2H3,(H,23,24). The lowest BCUT2D eigenvalue weighted by molar-refractivity contribution is 0.0697. The Morgan fingerprint density at radius 3 is 2.40 bits per heavy atom.